The Morgan fingerprint density at radius 1 is 1.38 bits per heavy atom. The molecule has 0 saturated carbocycles. The summed E-state index contributed by atoms with van der Waals surface area (Å²) in [5.41, 5.74) is 0.761. The summed E-state index contributed by atoms with van der Waals surface area (Å²) in [6.07, 6.45) is 1.52. The monoisotopic (exact) mass is 448 g/mol. The van der Waals surface area contributed by atoms with Crippen LogP contribution in [-0.2, 0) is 6.54 Å². The molecular weight excluding hydrogens is 426 g/mol. The van der Waals surface area contributed by atoms with Crippen LogP contribution in [0.1, 0.15) is 12.6 Å². The number of ether oxygens (including phenoxy) is 1. The van der Waals surface area contributed by atoms with E-state index in [9.17, 15) is 4.39 Å². The highest BCUT2D eigenvalue weighted by Crippen LogP contribution is 2.14. The van der Waals surface area contributed by atoms with Crippen LogP contribution in [0.2, 0.25) is 0 Å². The fraction of sp³-hybridized carbons (Fsp3) is 0.375. The number of hydrogen-bond donors (Lipinski definition) is 1. The van der Waals surface area contributed by atoms with Crippen molar-refractivity contribution in [2.24, 2.45) is 4.99 Å². The van der Waals surface area contributed by atoms with Crippen molar-refractivity contribution in [3.05, 3.63) is 48.1 Å². The highest BCUT2D eigenvalue weighted by molar-refractivity contribution is 14.0. The maximum atomic E-state index is 13.5. The Morgan fingerprint density at radius 2 is 2.17 bits per heavy atom. The van der Waals surface area contributed by atoms with E-state index in [1.165, 1.54) is 12.3 Å². The van der Waals surface area contributed by atoms with E-state index in [0.717, 1.165) is 18.2 Å². The van der Waals surface area contributed by atoms with Crippen molar-refractivity contribution in [1.29, 1.82) is 0 Å². The number of nitrogens with one attached hydrogen (secondary N) is 1. The molecule has 2 rings (SSSR count). The lowest BCUT2D eigenvalue weighted by Gasteiger charge is -2.22. The van der Waals surface area contributed by atoms with Crippen molar-refractivity contribution >= 4 is 29.9 Å². The minimum atomic E-state index is -0.359. The second kappa shape index (κ2) is 10.8. The molecule has 0 aliphatic carbocycles. The first kappa shape index (κ1) is 20.2. The van der Waals surface area contributed by atoms with Gasteiger partial charge in [-0.05, 0) is 19.1 Å². The molecule has 0 aliphatic rings. The van der Waals surface area contributed by atoms with Crippen molar-refractivity contribution in [2.75, 3.05) is 26.7 Å². The SMILES string of the molecule is CCNC(=NCc1ccon1)N(C)CCOc1ccccc1F.I. The van der Waals surface area contributed by atoms with Gasteiger partial charge in [0.1, 0.15) is 18.6 Å². The Morgan fingerprint density at radius 3 is 2.83 bits per heavy atom. The standard InChI is InChI=1S/C16H21FN4O2.HI/c1-3-18-16(19-12-13-8-10-23-20-13)21(2)9-11-22-15-7-5-4-6-14(15)17;/h4-8,10H,3,9,11-12H2,1-2H3,(H,18,19);1H. The Hall–Kier alpha value is -1.84. The molecule has 8 heteroatoms. The van der Waals surface area contributed by atoms with Crippen LogP contribution < -0.4 is 10.1 Å². The van der Waals surface area contributed by atoms with Gasteiger partial charge >= 0.3 is 0 Å². The first-order valence-corrected chi connectivity index (χ1v) is 7.46. The van der Waals surface area contributed by atoms with Gasteiger partial charge in [-0.3, -0.25) is 0 Å². The summed E-state index contributed by atoms with van der Waals surface area (Å²) in [4.78, 5) is 6.40. The van der Waals surface area contributed by atoms with Crippen molar-refractivity contribution in [3.8, 4) is 5.75 Å². The number of aliphatic imine (C=N–C) groups is 1. The molecule has 0 aliphatic heterocycles. The largest absolute Gasteiger partial charge is 0.489 e. The summed E-state index contributed by atoms with van der Waals surface area (Å²) in [5.74, 6) is 0.625. The number of benzene rings is 1. The van der Waals surface area contributed by atoms with Crippen molar-refractivity contribution in [3.63, 3.8) is 0 Å². The molecule has 1 heterocycles. The Kier molecular flexibility index (Phi) is 9.13. The number of halogens is 2. The highest BCUT2D eigenvalue weighted by Gasteiger charge is 2.07. The molecule has 132 valence electrons. The first-order valence-electron chi connectivity index (χ1n) is 7.46. The molecule has 24 heavy (non-hydrogen) atoms. The van der Waals surface area contributed by atoms with Gasteiger partial charge in [-0.1, -0.05) is 17.3 Å². The summed E-state index contributed by atoms with van der Waals surface area (Å²) in [5, 5.41) is 7.02. The van der Waals surface area contributed by atoms with Gasteiger partial charge in [-0.15, -0.1) is 24.0 Å². The summed E-state index contributed by atoms with van der Waals surface area (Å²) >= 11 is 0. The van der Waals surface area contributed by atoms with Crippen LogP contribution in [0.4, 0.5) is 4.39 Å². The molecular formula is C16H22FIN4O2. The predicted octanol–water partition coefficient (Wildman–Crippen LogP) is 2.91. The fourth-order valence-corrected chi connectivity index (χ4v) is 1.90. The van der Waals surface area contributed by atoms with Gasteiger partial charge in [-0.25, -0.2) is 9.38 Å². The summed E-state index contributed by atoms with van der Waals surface area (Å²) in [6.45, 7) is 4.09. The van der Waals surface area contributed by atoms with E-state index in [2.05, 4.69) is 15.5 Å². The Labute approximate surface area is 158 Å². The van der Waals surface area contributed by atoms with Crippen LogP contribution in [0.15, 0.2) is 46.1 Å². The van der Waals surface area contributed by atoms with Crippen LogP contribution >= 0.6 is 24.0 Å². The molecule has 0 amide bonds. The molecule has 0 spiro atoms. The van der Waals surface area contributed by atoms with Crippen LogP contribution in [0.3, 0.4) is 0 Å². The summed E-state index contributed by atoms with van der Waals surface area (Å²) in [6, 6.07) is 8.13. The van der Waals surface area contributed by atoms with Gasteiger partial charge in [-0.2, -0.15) is 0 Å². The molecule has 0 fully saturated rings. The number of nitrogens with zero attached hydrogens (tertiary/aromatic N) is 3. The van der Waals surface area contributed by atoms with E-state index in [0.29, 0.717) is 19.7 Å². The van der Waals surface area contributed by atoms with Crippen LogP contribution in [0.5, 0.6) is 5.75 Å². The summed E-state index contributed by atoms with van der Waals surface area (Å²) < 4.78 is 23.7. The van der Waals surface area contributed by atoms with Gasteiger partial charge in [0.05, 0.1) is 13.1 Å². The second-order valence-electron chi connectivity index (χ2n) is 4.86. The summed E-state index contributed by atoms with van der Waals surface area (Å²) in [7, 11) is 1.90. The Balaban J connectivity index is 0.00000288. The van der Waals surface area contributed by atoms with Gasteiger partial charge in [0.15, 0.2) is 17.5 Å². The third kappa shape index (κ3) is 6.34. The molecule has 1 aromatic carbocycles. The van der Waals surface area contributed by atoms with E-state index in [1.54, 1.807) is 24.3 Å². The molecule has 0 atom stereocenters. The first-order chi connectivity index (χ1) is 11.2. The zero-order valence-electron chi connectivity index (χ0n) is 13.7. The Bertz CT molecular complexity index is 622. The maximum absolute atomic E-state index is 13.5. The number of guanidine groups is 1. The molecule has 2 aromatic rings. The van der Waals surface area contributed by atoms with Crippen molar-refractivity contribution in [1.82, 2.24) is 15.4 Å². The van der Waals surface area contributed by atoms with Gasteiger partial charge in [0.2, 0.25) is 0 Å². The minimum absolute atomic E-state index is 0. The lowest BCUT2D eigenvalue weighted by molar-refractivity contribution is 0.270. The molecule has 1 N–H and O–H groups in total. The average molecular weight is 448 g/mol. The molecule has 0 saturated heterocycles. The number of para-hydroxylation sites is 1. The molecule has 1 aromatic heterocycles. The number of aromatic nitrogens is 1. The average Bonchev–Trinajstić information content (AvgIpc) is 3.06. The fourth-order valence-electron chi connectivity index (χ4n) is 1.90. The van der Waals surface area contributed by atoms with Crippen LogP contribution in [0.25, 0.3) is 0 Å². The van der Waals surface area contributed by atoms with Crippen LogP contribution in [-0.4, -0.2) is 42.8 Å². The van der Waals surface area contributed by atoms with Gasteiger partial charge in [0.25, 0.3) is 0 Å². The van der Waals surface area contributed by atoms with E-state index in [-0.39, 0.29) is 35.5 Å². The maximum Gasteiger partial charge on any atom is 0.194 e. The molecule has 6 nitrogen and oxygen atoms in total. The zero-order valence-corrected chi connectivity index (χ0v) is 16.1. The number of hydrogen-bond acceptors (Lipinski definition) is 4. The quantitative estimate of drug-likeness (QED) is 0.401. The highest BCUT2D eigenvalue weighted by atomic mass is 127. The normalized spacial score (nSPS) is 10.9. The van der Waals surface area contributed by atoms with Gasteiger partial charge < -0.3 is 19.5 Å². The topological polar surface area (TPSA) is 62.9 Å². The lowest BCUT2D eigenvalue weighted by Crippen LogP contribution is -2.40. The zero-order chi connectivity index (χ0) is 16.5. The molecule has 0 radical (unpaired) electrons. The van der Waals surface area contributed by atoms with Crippen LogP contribution in [0, 0.1) is 5.82 Å². The van der Waals surface area contributed by atoms with Crippen molar-refractivity contribution in [2.45, 2.75) is 13.5 Å². The lowest BCUT2D eigenvalue weighted by atomic mass is 10.3. The molecule has 0 bridgehead atoms. The third-order valence-electron chi connectivity index (χ3n) is 3.10. The number of likely N-dealkylation sites (N-methyl/N-ethyl adjacent to an activating group) is 1. The predicted molar refractivity (Wildman–Crippen MR) is 101 cm³/mol. The minimum Gasteiger partial charge on any atom is -0.489 e. The van der Waals surface area contributed by atoms with Crippen molar-refractivity contribution < 1.29 is 13.7 Å². The number of rotatable bonds is 7. The third-order valence-corrected chi connectivity index (χ3v) is 3.10. The van der Waals surface area contributed by atoms with E-state index in [1.807, 2.05) is 18.9 Å². The smallest absolute Gasteiger partial charge is 0.194 e. The molecule has 0 unspecified atom stereocenters. The van der Waals surface area contributed by atoms with Gasteiger partial charge in [0, 0.05) is 19.7 Å². The van der Waals surface area contributed by atoms with E-state index < -0.39 is 0 Å². The van der Waals surface area contributed by atoms with E-state index in [4.69, 9.17) is 9.26 Å². The van der Waals surface area contributed by atoms with E-state index >= 15 is 0 Å². The second-order valence-corrected chi connectivity index (χ2v) is 4.86.